The fourth-order valence-electron chi connectivity index (χ4n) is 1.90. The number of hydrogen-bond acceptors (Lipinski definition) is 6. The zero-order valence-electron chi connectivity index (χ0n) is 13.2. The number of ether oxygens (including phenoxy) is 2. The van der Waals surface area contributed by atoms with Crippen molar-refractivity contribution in [3.05, 3.63) is 58.0 Å². The largest absolute Gasteiger partial charge is 0.486 e. The highest BCUT2D eigenvalue weighted by molar-refractivity contribution is 5.91. The van der Waals surface area contributed by atoms with E-state index in [1.165, 1.54) is 24.3 Å². The maximum atomic E-state index is 11.8. The van der Waals surface area contributed by atoms with Crippen molar-refractivity contribution in [2.45, 2.75) is 13.0 Å². The summed E-state index contributed by atoms with van der Waals surface area (Å²) in [5.41, 5.74) is -0.00669. The van der Waals surface area contributed by atoms with Crippen LogP contribution >= 0.6 is 0 Å². The van der Waals surface area contributed by atoms with E-state index in [1.54, 1.807) is 19.2 Å². The van der Waals surface area contributed by atoms with Gasteiger partial charge in [-0.2, -0.15) is 0 Å². The molecule has 0 aliphatic carbocycles. The molecule has 128 valence electrons. The molecule has 2 rings (SSSR count). The highest BCUT2D eigenvalue weighted by Crippen LogP contribution is 2.19. The molecule has 1 aromatic carbocycles. The van der Waals surface area contributed by atoms with Crippen LogP contribution in [0.2, 0.25) is 0 Å². The number of amides is 1. The minimum Gasteiger partial charge on any atom is -0.486 e. The summed E-state index contributed by atoms with van der Waals surface area (Å²) >= 11 is 0. The molecule has 0 saturated heterocycles. The quantitative estimate of drug-likeness (QED) is 0.429. The van der Waals surface area contributed by atoms with Gasteiger partial charge >= 0.3 is 0 Å². The van der Waals surface area contributed by atoms with Crippen LogP contribution < -0.4 is 10.1 Å². The minimum atomic E-state index is -0.478. The molecule has 0 spiro atoms. The summed E-state index contributed by atoms with van der Waals surface area (Å²) in [6.07, 6.45) is 0.721. The number of non-ortho nitro benzene ring substituents is 1. The maximum Gasteiger partial charge on any atom is 0.286 e. The van der Waals surface area contributed by atoms with Crippen LogP contribution in [0.15, 0.2) is 40.8 Å². The molecule has 0 saturated carbocycles. The van der Waals surface area contributed by atoms with E-state index in [1.807, 2.05) is 0 Å². The summed E-state index contributed by atoms with van der Waals surface area (Å²) in [4.78, 5) is 21.9. The third-order valence-corrected chi connectivity index (χ3v) is 3.12. The van der Waals surface area contributed by atoms with Gasteiger partial charge in [0.1, 0.15) is 18.1 Å². The van der Waals surface area contributed by atoms with Crippen molar-refractivity contribution >= 4 is 11.6 Å². The van der Waals surface area contributed by atoms with E-state index < -0.39 is 4.92 Å². The van der Waals surface area contributed by atoms with Gasteiger partial charge in [-0.3, -0.25) is 14.9 Å². The van der Waals surface area contributed by atoms with E-state index in [2.05, 4.69) is 5.32 Å². The Balaban J connectivity index is 1.82. The number of nitrogens with zero attached hydrogens (tertiary/aromatic N) is 1. The molecule has 8 nitrogen and oxygen atoms in total. The minimum absolute atomic E-state index is 0.00669. The van der Waals surface area contributed by atoms with E-state index in [0.717, 1.165) is 6.42 Å². The number of nitrogens with one attached hydrogen (secondary N) is 1. The number of rotatable bonds is 9. The molecule has 0 unspecified atom stereocenters. The van der Waals surface area contributed by atoms with Crippen molar-refractivity contribution in [1.29, 1.82) is 0 Å². The lowest BCUT2D eigenvalue weighted by Crippen LogP contribution is -2.24. The second-order valence-corrected chi connectivity index (χ2v) is 4.91. The van der Waals surface area contributed by atoms with Gasteiger partial charge in [0.05, 0.1) is 4.92 Å². The fraction of sp³-hybridized carbons (Fsp3) is 0.312. The van der Waals surface area contributed by atoms with Crippen LogP contribution in [0.25, 0.3) is 0 Å². The van der Waals surface area contributed by atoms with Crippen molar-refractivity contribution in [3.63, 3.8) is 0 Å². The molecule has 0 fully saturated rings. The lowest BCUT2D eigenvalue weighted by Gasteiger charge is -2.04. The molecule has 8 heteroatoms. The summed E-state index contributed by atoms with van der Waals surface area (Å²) in [5.74, 6) is 0.861. The molecule has 2 aromatic rings. The lowest BCUT2D eigenvalue weighted by atomic mass is 10.3. The number of carbonyl (C=O) groups excluding carboxylic acids is 1. The predicted molar refractivity (Wildman–Crippen MR) is 85.0 cm³/mol. The van der Waals surface area contributed by atoms with Crippen LogP contribution in [-0.2, 0) is 11.3 Å². The van der Waals surface area contributed by atoms with Crippen molar-refractivity contribution in [1.82, 2.24) is 5.32 Å². The number of nitro benzene ring substituents is 1. The zero-order chi connectivity index (χ0) is 17.4. The second-order valence-electron chi connectivity index (χ2n) is 4.91. The van der Waals surface area contributed by atoms with Crippen LogP contribution in [0.3, 0.4) is 0 Å². The summed E-state index contributed by atoms with van der Waals surface area (Å²) in [6.45, 7) is 1.20. The van der Waals surface area contributed by atoms with Gasteiger partial charge in [-0.1, -0.05) is 0 Å². The second kappa shape index (κ2) is 8.68. The van der Waals surface area contributed by atoms with E-state index in [0.29, 0.717) is 24.7 Å². The number of furan rings is 1. The number of carbonyl (C=O) groups is 1. The first kappa shape index (κ1) is 17.5. The Kier molecular flexibility index (Phi) is 6.32. The van der Waals surface area contributed by atoms with Gasteiger partial charge in [0, 0.05) is 32.4 Å². The highest BCUT2D eigenvalue weighted by atomic mass is 16.6. The first-order chi connectivity index (χ1) is 11.6. The molecule has 1 N–H and O–H groups in total. The smallest absolute Gasteiger partial charge is 0.286 e. The first-order valence-corrected chi connectivity index (χ1v) is 7.33. The Labute approximate surface area is 138 Å². The van der Waals surface area contributed by atoms with Gasteiger partial charge < -0.3 is 19.2 Å². The molecule has 0 bridgehead atoms. The van der Waals surface area contributed by atoms with Crippen molar-refractivity contribution in [2.75, 3.05) is 20.3 Å². The van der Waals surface area contributed by atoms with Crippen LogP contribution in [0, 0.1) is 10.1 Å². The number of benzene rings is 1. The molecule has 24 heavy (non-hydrogen) atoms. The molecule has 0 atom stereocenters. The highest BCUT2D eigenvalue weighted by Gasteiger charge is 2.11. The predicted octanol–water partition coefficient (Wildman–Crippen LogP) is 2.53. The molecular formula is C16H18N2O6. The zero-order valence-corrected chi connectivity index (χ0v) is 13.2. The van der Waals surface area contributed by atoms with Gasteiger partial charge in [0.2, 0.25) is 0 Å². The average Bonchev–Trinajstić information content (AvgIpc) is 3.06. The molecule has 0 aliphatic heterocycles. The fourth-order valence-corrected chi connectivity index (χ4v) is 1.90. The molecule has 0 radical (unpaired) electrons. The molecule has 1 aromatic heterocycles. The van der Waals surface area contributed by atoms with E-state index in [4.69, 9.17) is 13.9 Å². The van der Waals surface area contributed by atoms with Gasteiger partial charge in [0.15, 0.2) is 5.76 Å². The van der Waals surface area contributed by atoms with E-state index >= 15 is 0 Å². The van der Waals surface area contributed by atoms with E-state index in [9.17, 15) is 14.9 Å². The summed E-state index contributed by atoms with van der Waals surface area (Å²) in [5, 5.41) is 13.3. The number of hydrogen-bond donors (Lipinski definition) is 1. The van der Waals surface area contributed by atoms with Gasteiger partial charge in [0.25, 0.3) is 11.6 Å². The van der Waals surface area contributed by atoms with Gasteiger partial charge in [-0.25, -0.2) is 0 Å². The third kappa shape index (κ3) is 5.10. The van der Waals surface area contributed by atoms with Crippen LogP contribution in [-0.4, -0.2) is 31.1 Å². The van der Waals surface area contributed by atoms with Crippen LogP contribution in [0.5, 0.6) is 5.75 Å². The summed E-state index contributed by atoms with van der Waals surface area (Å²) < 4.78 is 15.8. The van der Waals surface area contributed by atoms with Gasteiger partial charge in [-0.05, 0) is 30.7 Å². The van der Waals surface area contributed by atoms with Crippen molar-refractivity contribution < 1.29 is 23.6 Å². The standard InChI is InChI=1S/C16H18N2O6/c1-22-10-2-9-17-16(19)15-8-7-14(24-15)11-23-13-5-3-12(4-6-13)18(20)21/h3-8H,2,9-11H2,1H3,(H,17,19). The average molecular weight is 334 g/mol. The SMILES string of the molecule is COCCCNC(=O)c1ccc(COc2ccc([N+](=O)[O-])cc2)o1. The Bertz CT molecular complexity index is 680. The topological polar surface area (TPSA) is 104 Å². The number of nitro groups is 1. The van der Waals surface area contributed by atoms with Gasteiger partial charge in [-0.15, -0.1) is 0 Å². The van der Waals surface area contributed by atoms with E-state index in [-0.39, 0.29) is 24.0 Å². The van der Waals surface area contributed by atoms with Crippen molar-refractivity contribution in [3.8, 4) is 5.75 Å². The Hall–Kier alpha value is -2.87. The number of methoxy groups -OCH3 is 1. The van der Waals surface area contributed by atoms with Crippen LogP contribution in [0.4, 0.5) is 5.69 Å². The molecular weight excluding hydrogens is 316 g/mol. The Morgan fingerprint density at radius 1 is 1.25 bits per heavy atom. The molecule has 0 aliphatic rings. The normalized spacial score (nSPS) is 10.4. The lowest BCUT2D eigenvalue weighted by molar-refractivity contribution is -0.384. The third-order valence-electron chi connectivity index (χ3n) is 3.12. The first-order valence-electron chi connectivity index (χ1n) is 7.33. The van der Waals surface area contributed by atoms with Crippen LogP contribution in [0.1, 0.15) is 22.7 Å². The maximum absolute atomic E-state index is 11.8. The monoisotopic (exact) mass is 334 g/mol. The molecule has 1 amide bonds. The summed E-state index contributed by atoms with van der Waals surface area (Å²) in [6, 6.07) is 8.94. The summed E-state index contributed by atoms with van der Waals surface area (Å²) in [7, 11) is 1.60. The molecule has 1 heterocycles. The van der Waals surface area contributed by atoms with Crippen molar-refractivity contribution in [2.24, 2.45) is 0 Å². The Morgan fingerprint density at radius 2 is 2.00 bits per heavy atom. The Morgan fingerprint density at radius 3 is 2.67 bits per heavy atom.